The number of aliphatic carboxylic acids is 1. The molecule has 2 rings (SSSR count). The fourth-order valence-corrected chi connectivity index (χ4v) is 2.60. The molecule has 0 aliphatic rings. The third-order valence-corrected chi connectivity index (χ3v) is 3.67. The summed E-state index contributed by atoms with van der Waals surface area (Å²) in [5, 5.41) is 22.7. The molecule has 7 nitrogen and oxygen atoms in total. The van der Waals surface area contributed by atoms with Crippen LogP contribution < -0.4 is 5.32 Å². The van der Waals surface area contributed by atoms with Gasteiger partial charge in [0.15, 0.2) is 0 Å². The van der Waals surface area contributed by atoms with E-state index in [1.807, 2.05) is 24.3 Å². The maximum absolute atomic E-state index is 12.1. The molecular formula is C18H24N2O5. The fraction of sp³-hybridized carbons (Fsp3) is 0.444. The number of aliphatic hydroxyl groups is 1. The molecule has 0 aliphatic heterocycles. The van der Waals surface area contributed by atoms with E-state index < -0.39 is 36.2 Å². The lowest BCUT2D eigenvalue weighted by Crippen LogP contribution is -2.47. The predicted molar refractivity (Wildman–Crippen MR) is 93.4 cm³/mol. The van der Waals surface area contributed by atoms with E-state index in [4.69, 9.17) is 9.84 Å². The van der Waals surface area contributed by atoms with Crippen LogP contribution in [0.1, 0.15) is 32.8 Å². The molecule has 1 aromatic heterocycles. The van der Waals surface area contributed by atoms with Crippen molar-refractivity contribution in [3.05, 3.63) is 36.0 Å². The molecule has 1 amide bonds. The molecule has 136 valence electrons. The minimum absolute atomic E-state index is 0.275. The Bertz CT molecular complexity index is 747. The highest BCUT2D eigenvalue weighted by Crippen LogP contribution is 2.20. The SMILES string of the molecule is CC(C)(C)OC(=O)NC(Cc1c[nH]c2ccccc12)[C@@H](O)CC(=O)O. The van der Waals surface area contributed by atoms with Crippen LogP contribution in [0.3, 0.4) is 0 Å². The van der Waals surface area contributed by atoms with Crippen molar-refractivity contribution in [3.8, 4) is 0 Å². The van der Waals surface area contributed by atoms with E-state index in [0.717, 1.165) is 16.5 Å². The van der Waals surface area contributed by atoms with E-state index in [2.05, 4.69) is 10.3 Å². The third kappa shape index (κ3) is 5.49. The first kappa shape index (κ1) is 18.8. The molecule has 0 saturated carbocycles. The zero-order valence-corrected chi connectivity index (χ0v) is 14.6. The van der Waals surface area contributed by atoms with E-state index in [1.54, 1.807) is 27.0 Å². The number of alkyl carbamates (subject to hydrolysis) is 1. The van der Waals surface area contributed by atoms with E-state index in [-0.39, 0.29) is 6.42 Å². The lowest BCUT2D eigenvalue weighted by Gasteiger charge is -2.26. The first-order chi connectivity index (χ1) is 11.7. The molecule has 4 N–H and O–H groups in total. The van der Waals surface area contributed by atoms with Crippen molar-refractivity contribution in [1.82, 2.24) is 10.3 Å². The number of carbonyl (C=O) groups is 2. The van der Waals surface area contributed by atoms with Gasteiger partial charge in [0.25, 0.3) is 0 Å². The normalized spacial score (nSPS) is 14.1. The number of amides is 1. The largest absolute Gasteiger partial charge is 0.481 e. The lowest BCUT2D eigenvalue weighted by molar-refractivity contribution is -0.139. The van der Waals surface area contributed by atoms with Crippen molar-refractivity contribution in [2.45, 2.75) is 51.4 Å². The van der Waals surface area contributed by atoms with Crippen molar-refractivity contribution >= 4 is 23.0 Å². The van der Waals surface area contributed by atoms with Crippen LogP contribution in [0.5, 0.6) is 0 Å². The van der Waals surface area contributed by atoms with Gasteiger partial charge in [-0.3, -0.25) is 4.79 Å². The van der Waals surface area contributed by atoms with Crippen molar-refractivity contribution in [2.24, 2.45) is 0 Å². The molecule has 0 bridgehead atoms. The number of aromatic amines is 1. The molecule has 25 heavy (non-hydrogen) atoms. The number of H-pyrrole nitrogens is 1. The van der Waals surface area contributed by atoms with Crippen molar-refractivity contribution < 1.29 is 24.5 Å². The number of benzene rings is 1. The van der Waals surface area contributed by atoms with Crippen LogP contribution in [-0.4, -0.2) is 45.0 Å². The Kier molecular flexibility index (Phi) is 5.69. The van der Waals surface area contributed by atoms with Crippen molar-refractivity contribution in [2.75, 3.05) is 0 Å². The minimum Gasteiger partial charge on any atom is -0.481 e. The molecule has 0 radical (unpaired) electrons. The van der Waals surface area contributed by atoms with Crippen LogP contribution in [0.15, 0.2) is 30.5 Å². The Balaban J connectivity index is 2.19. The molecule has 1 unspecified atom stereocenters. The van der Waals surface area contributed by atoms with Crippen molar-refractivity contribution in [3.63, 3.8) is 0 Å². The van der Waals surface area contributed by atoms with Crippen LogP contribution in [-0.2, 0) is 16.0 Å². The highest BCUT2D eigenvalue weighted by Gasteiger charge is 2.27. The summed E-state index contributed by atoms with van der Waals surface area (Å²) in [6, 6.07) is 6.85. The summed E-state index contributed by atoms with van der Waals surface area (Å²) in [4.78, 5) is 26.1. The van der Waals surface area contributed by atoms with E-state index >= 15 is 0 Å². The second-order valence-electron chi connectivity index (χ2n) is 6.98. The highest BCUT2D eigenvalue weighted by molar-refractivity contribution is 5.83. The van der Waals surface area contributed by atoms with Gasteiger partial charge in [-0.1, -0.05) is 18.2 Å². The average Bonchev–Trinajstić information content (AvgIpc) is 2.87. The zero-order chi connectivity index (χ0) is 18.6. The number of carboxylic acid groups (broad SMARTS) is 1. The third-order valence-electron chi connectivity index (χ3n) is 3.67. The Morgan fingerprint density at radius 1 is 1.28 bits per heavy atom. The Hall–Kier alpha value is -2.54. The van der Waals surface area contributed by atoms with Gasteiger partial charge in [0.2, 0.25) is 0 Å². The standard InChI is InChI=1S/C18H24N2O5/c1-18(2,3)25-17(24)20-14(15(21)9-16(22)23)8-11-10-19-13-7-5-4-6-12(11)13/h4-7,10,14-15,19,21H,8-9H2,1-3H3,(H,20,24)(H,22,23)/t14?,15-/m0/s1. The summed E-state index contributed by atoms with van der Waals surface area (Å²) >= 11 is 0. The monoisotopic (exact) mass is 348 g/mol. The number of hydrogen-bond acceptors (Lipinski definition) is 4. The summed E-state index contributed by atoms with van der Waals surface area (Å²) in [7, 11) is 0. The highest BCUT2D eigenvalue weighted by atomic mass is 16.6. The molecule has 1 heterocycles. The van der Waals surface area contributed by atoms with Crippen LogP contribution in [0, 0.1) is 0 Å². The van der Waals surface area contributed by atoms with Crippen LogP contribution in [0.2, 0.25) is 0 Å². The number of rotatable bonds is 6. The number of hydrogen-bond donors (Lipinski definition) is 4. The topological polar surface area (TPSA) is 112 Å². The number of aromatic nitrogens is 1. The molecule has 0 aliphatic carbocycles. The number of para-hydroxylation sites is 1. The van der Waals surface area contributed by atoms with Gasteiger partial charge < -0.3 is 25.3 Å². The Morgan fingerprint density at radius 3 is 2.60 bits per heavy atom. The second kappa shape index (κ2) is 7.57. The van der Waals surface area contributed by atoms with Gasteiger partial charge in [0.05, 0.1) is 18.6 Å². The molecule has 2 aromatic rings. The van der Waals surface area contributed by atoms with Gasteiger partial charge in [0.1, 0.15) is 5.60 Å². The molecule has 0 saturated heterocycles. The fourth-order valence-electron chi connectivity index (χ4n) is 2.60. The molecule has 0 fully saturated rings. The maximum atomic E-state index is 12.1. The van der Waals surface area contributed by atoms with Gasteiger partial charge in [-0.2, -0.15) is 0 Å². The first-order valence-electron chi connectivity index (χ1n) is 8.10. The predicted octanol–water partition coefficient (Wildman–Crippen LogP) is 2.44. The molecule has 1 aromatic carbocycles. The Morgan fingerprint density at radius 2 is 1.96 bits per heavy atom. The molecule has 7 heteroatoms. The van der Waals surface area contributed by atoms with Gasteiger partial charge in [0, 0.05) is 17.1 Å². The van der Waals surface area contributed by atoms with Crippen molar-refractivity contribution in [1.29, 1.82) is 0 Å². The summed E-state index contributed by atoms with van der Waals surface area (Å²) < 4.78 is 5.21. The smallest absolute Gasteiger partial charge is 0.407 e. The lowest BCUT2D eigenvalue weighted by atomic mass is 9.99. The first-order valence-corrected chi connectivity index (χ1v) is 8.10. The number of carboxylic acids is 1. The zero-order valence-electron chi connectivity index (χ0n) is 14.6. The summed E-state index contributed by atoms with van der Waals surface area (Å²) in [5.74, 6) is -1.14. The average molecular weight is 348 g/mol. The second-order valence-corrected chi connectivity index (χ2v) is 6.98. The molecular weight excluding hydrogens is 324 g/mol. The summed E-state index contributed by atoms with van der Waals surface area (Å²) in [6.45, 7) is 5.19. The van der Waals surface area contributed by atoms with Gasteiger partial charge in [-0.15, -0.1) is 0 Å². The van der Waals surface area contributed by atoms with E-state index in [9.17, 15) is 14.7 Å². The summed E-state index contributed by atoms with van der Waals surface area (Å²) in [6.07, 6.45) is -0.330. The van der Waals surface area contributed by atoms with Crippen LogP contribution >= 0.6 is 0 Å². The Labute approximate surface area is 146 Å². The van der Waals surface area contributed by atoms with Gasteiger partial charge >= 0.3 is 12.1 Å². The summed E-state index contributed by atoms with van der Waals surface area (Å²) in [5.41, 5.74) is 1.12. The number of nitrogens with one attached hydrogen (secondary N) is 2. The minimum atomic E-state index is -1.24. The van der Waals surface area contributed by atoms with Gasteiger partial charge in [-0.05, 0) is 38.8 Å². The van der Waals surface area contributed by atoms with E-state index in [0.29, 0.717) is 0 Å². The quantitative estimate of drug-likeness (QED) is 0.641. The van der Waals surface area contributed by atoms with Crippen LogP contribution in [0.4, 0.5) is 4.79 Å². The van der Waals surface area contributed by atoms with Gasteiger partial charge in [-0.25, -0.2) is 4.79 Å². The molecule has 2 atom stereocenters. The number of fused-ring (bicyclic) bond motifs is 1. The number of carbonyl (C=O) groups excluding carboxylic acids is 1. The number of ether oxygens (including phenoxy) is 1. The maximum Gasteiger partial charge on any atom is 0.407 e. The van der Waals surface area contributed by atoms with E-state index in [1.165, 1.54) is 0 Å². The number of aliphatic hydroxyl groups excluding tert-OH is 1. The van der Waals surface area contributed by atoms with Crippen LogP contribution in [0.25, 0.3) is 10.9 Å². The molecule has 0 spiro atoms.